The Hall–Kier alpha value is -2.37. The number of nitrogens with one attached hydrogen (secondary N) is 1. The van der Waals surface area contributed by atoms with Crippen molar-refractivity contribution in [1.82, 2.24) is 10.5 Å². The number of fused-ring (bicyclic) bond motifs is 1. The molecule has 6 heteroatoms. The van der Waals surface area contributed by atoms with Crippen LogP contribution in [0.5, 0.6) is 0 Å². The molecule has 0 aliphatic heterocycles. The van der Waals surface area contributed by atoms with Crippen LogP contribution in [0.2, 0.25) is 0 Å². The van der Waals surface area contributed by atoms with Crippen LogP contribution in [0.4, 0.5) is 0 Å². The topological polar surface area (TPSA) is 92.4 Å². The molecule has 2 N–H and O–H groups in total. The number of carbonyl (C=O) groups is 2. The standard InChI is InChI=1S/C15H16N2O4/c18-14(16-10-6-5-9(7-10)15(19)20)8-12-11-3-1-2-4-13(11)21-17-12/h1-4,9-10H,5-8H2,(H,16,18)(H,19,20)/t9-,10-/m0/s1. The molecule has 21 heavy (non-hydrogen) atoms. The number of carbonyl (C=O) groups excluding carboxylic acids is 1. The lowest BCUT2D eigenvalue weighted by Crippen LogP contribution is -2.34. The molecule has 0 bridgehead atoms. The highest BCUT2D eigenvalue weighted by Crippen LogP contribution is 2.26. The van der Waals surface area contributed by atoms with Crippen molar-refractivity contribution in [2.45, 2.75) is 31.7 Å². The lowest BCUT2D eigenvalue weighted by molar-refractivity contribution is -0.141. The van der Waals surface area contributed by atoms with E-state index in [9.17, 15) is 9.59 Å². The summed E-state index contributed by atoms with van der Waals surface area (Å²) >= 11 is 0. The summed E-state index contributed by atoms with van der Waals surface area (Å²) in [6, 6.07) is 7.33. The largest absolute Gasteiger partial charge is 0.481 e. The molecule has 0 spiro atoms. The molecule has 110 valence electrons. The quantitative estimate of drug-likeness (QED) is 0.894. The first kappa shape index (κ1) is 13.6. The van der Waals surface area contributed by atoms with Gasteiger partial charge in [0.05, 0.1) is 12.3 Å². The van der Waals surface area contributed by atoms with Crippen molar-refractivity contribution >= 4 is 22.8 Å². The number of rotatable bonds is 4. The summed E-state index contributed by atoms with van der Waals surface area (Å²) in [5.41, 5.74) is 1.27. The van der Waals surface area contributed by atoms with Gasteiger partial charge in [0, 0.05) is 11.4 Å². The lowest BCUT2D eigenvalue weighted by Gasteiger charge is -2.11. The molecule has 1 fully saturated rings. The molecule has 2 atom stereocenters. The average molecular weight is 288 g/mol. The molecule has 3 rings (SSSR count). The van der Waals surface area contributed by atoms with Gasteiger partial charge in [0.25, 0.3) is 0 Å². The molecule has 1 aliphatic rings. The molecule has 1 aromatic carbocycles. The number of benzene rings is 1. The van der Waals surface area contributed by atoms with E-state index in [1.807, 2.05) is 18.2 Å². The van der Waals surface area contributed by atoms with Crippen molar-refractivity contribution in [1.29, 1.82) is 0 Å². The zero-order valence-electron chi connectivity index (χ0n) is 11.4. The predicted octanol–water partition coefficient (Wildman–Crippen LogP) is 1.74. The minimum absolute atomic E-state index is 0.0586. The second-order valence-corrected chi connectivity index (χ2v) is 5.41. The van der Waals surface area contributed by atoms with Crippen LogP contribution in [0.1, 0.15) is 25.0 Å². The fraction of sp³-hybridized carbons (Fsp3) is 0.400. The van der Waals surface area contributed by atoms with Gasteiger partial charge in [-0.25, -0.2) is 0 Å². The maximum Gasteiger partial charge on any atom is 0.306 e. The lowest BCUT2D eigenvalue weighted by atomic mass is 10.1. The van der Waals surface area contributed by atoms with Crippen molar-refractivity contribution in [2.75, 3.05) is 0 Å². The highest BCUT2D eigenvalue weighted by Gasteiger charge is 2.30. The van der Waals surface area contributed by atoms with Crippen LogP contribution in [-0.4, -0.2) is 28.2 Å². The van der Waals surface area contributed by atoms with Gasteiger partial charge in [-0.05, 0) is 31.4 Å². The van der Waals surface area contributed by atoms with E-state index in [1.54, 1.807) is 6.07 Å². The molecular formula is C15H16N2O4. The number of para-hydroxylation sites is 1. The summed E-state index contributed by atoms with van der Waals surface area (Å²) in [7, 11) is 0. The van der Waals surface area contributed by atoms with Crippen molar-refractivity contribution < 1.29 is 19.2 Å². The Labute approximate surface area is 121 Å². The normalized spacial score (nSPS) is 21.5. The Bertz CT molecular complexity index is 679. The Morgan fingerprint density at radius 2 is 2.14 bits per heavy atom. The minimum Gasteiger partial charge on any atom is -0.481 e. The van der Waals surface area contributed by atoms with Crippen LogP contribution in [-0.2, 0) is 16.0 Å². The molecule has 0 unspecified atom stereocenters. The maximum absolute atomic E-state index is 12.0. The van der Waals surface area contributed by atoms with E-state index in [2.05, 4.69) is 10.5 Å². The molecule has 1 aliphatic carbocycles. The minimum atomic E-state index is -0.783. The number of carboxylic acids is 1. The number of hydrogen-bond donors (Lipinski definition) is 2. The monoisotopic (exact) mass is 288 g/mol. The van der Waals surface area contributed by atoms with Crippen molar-refractivity contribution in [3.8, 4) is 0 Å². The highest BCUT2D eigenvalue weighted by atomic mass is 16.5. The van der Waals surface area contributed by atoms with Crippen LogP contribution in [0.15, 0.2) is 28.8 Å². The first-order valence-corrected chi connectivity index (χ1v) is 6.99. The zero-order chi connectivity index (χ0) is 14.8. The first-order chi connectivity index (χ1) is 10.1. The van der Waals surface area contributed by atoms with E-state index in [0.717, 1.165) is 5.39 Å². The smallest absolute Gasteiger partial charge is 0.306 e. The van der Waals surface area contributed by atoms with E-state index >= 15 is 0 Å². The van der Waals surface area contributed by atoms with E-state index in [4.69, 9.17) is 9.63 Å². The number of nitrogens with zero attached hydrogens (tertiary/aromatic N) is 1. The zero-order valence-corrected chi connectivity index (χ0v) is 11.4. The third kappa shape index (κ3) is 2.89. The summed E-state index contributed by atoms with van der Waals surface area (Å²) in [6.07, 6.45) is 1.97. The second kappa shape index (κ2) is 5.55. The maximum atomic E-state index is 12.0. The Morgan fingerprint density at radius 1 is 1.33 bits per heavy atom. The van der Waals surface area contributed by atoms with Gasteiger partial charge in [-0.15, -0.1) is 0 Å². The summed E-state index contributed by atoms with van der Waals surface area (Å²) in [5.74, 6) is -1.28. The number of aromatic nitrogens is 1. The van der Waals surface area contributed by atoms with Gasteiger partial charge in [0.2, 0.25) is 5.91 Å². The Kier molecular flexibility index (Phi) is 3.60. The van der Waals surface area contributed by atoms with Crippen molar-refractivity contribution in [2.24, 2.45) is 5.92 Å². The molecule has 1 saturated carbocycles. The fourth-order valence-electron chi connectivity index (χ4n) is 2.83. The molecule has 1 amide bonds. The van der Waals surface area contributed by atoms with E-state index < -0.39 is 5.97 Å². The van der Waals surface area contributed by atoms with Gasteiger partial charge in [-0.2, -0.15) is 0 Å². The summed E-state index contributed by atoms with van der Waals surface area (Å²) in [5, 5.41) is 16.6. The van der Waals surface area contributed by atoms with Crippen molar-refractivity contribution in [3.05, 3.63) is 30.0 Å². The summed E-state index contributed by atoms with van der Waals surface area (Å²) < 4.78 is 5.16. The van der Waals surface area contributed by atoms with E-state index in [1.165, 1.54) is 0 Å². The van der Waals surface area contributed by atoms with Crippen LogP contribution in [0, 0.1) is 5.92 Å². The molecule has 6 nitrogen and oxygen atoms in total. The Balaban J connectivity index is 1.61. The summed E-state index contributed by atoms with van der Waals surface area (Å²) in [6.45, 7) is 0. The third-order valence-electron chi connectivity index (χ3n) is 3.93. The SMILES string of the molecule is O=C(Cc1noc2ccccc12)N[C@H]1CC[C@H](C(=O)O)C1. The molecule has 1 aromatic heterocycles. The van der Waals surface area contributed by atoms with Gasteiger partial charge >= 0.3 is 5.97 Å². The number of carboxylic acid groups (broad SMARTS) is 1. The molecule has 1 heterocycles. The number of hydrogen-bond acceptors (Lipinski definition) is 4. The van der Waals surface area contributed by atoms with Gasteiger partial charge in [-0.1, -0.05) is 17.3 Å². The average Bonchev–Trinajstić information content (AvgIpc) is 3.07. The molecule has 2 aromatic rings. The highest BCUT2D eigenvalue weighted by molar-refractivity contribution is 5.86. The number of aliphatic carboxylic acids is 1. The molecular weight excluding hydrogens is 272 g/mol. The first-order valence-electron chi connectivity index (χ1n) is 6.99. The second-order valence-electron chi connectivity index (χ2n) is 5.41. The van der Waals surface area contributed by atoms with Gasteiger partial charge in [0.15, 0.2) is 5.58 Å². The van der Waals surface area contributed by atoms with E-state index in [-0.39, 0.29) is 24.3 Å². The van der Waals surface area contributed by atoms with E-state index in [0.29, 0.717) is 30.5 Å². The Morgan fingerprint density at radius 3 is 2.90 bits per heavy atom. The third-order valence-corrected chi connectivity index (χ3v) is 3.93. The van der Waals surface area contributed by atoms with Crippen LogP contribution in [0.3, 0.4) is 0 Å². The van der Waals surface area contributed by atoms with Gasteiger partial charge in [0.1, 0.15) is 5.69 Å². The fourth-order valence-corrected chi connectivity index (χ4v) is 2.83. The number of amides is 1. The van der Waals surface area contributed by atoms with Crippen LogP contribution in [0.25, 0.3) is 11.0 Å². The van der Waals surface area contributed by atoms with Gasteiger partial charge in [-0.3, -0.25) is 9.59 Å². The van der Waals surface area contributed by atoms with Crippen LogP contribution >= 0.6 is 0 Å². The summed E-state index contributed by atoms with van der Waals surface area (Å²) in [4.78, 5) is 22.9. The van der Waals surface area contributed by atoms with Crippen LogP contribution < -0.4 is 5.32 Å². The van der Waals surface area contributed by atoms with Gasteiger partial charge < -0.3 is 14.9 Å². The molecule has 0 saturated heterocycles. The van der Waals surface area contributed by atoms with Crippen molar-refractivity contribution in [3.63, 3.8) is 0 Å². The predicted molar refractivity (Wildman–Crippen MR) is 74.6 cm³/mol. The molecule has 0 radical (unpaired) electrons.